The zero-order chi connectivity index (χ0) is 14.8. The highest BCUT2D eigenvalue weighted by molar-refractivity contribution is 9.10. The minimum absolute atomic E-state index is 0.0348. The molecule has 0 atom stereocenters. The molecule has 0 N–H and O–H groups in total. The third-order valence-electron chi connectivity index (χ3n) is 3.03. The SMILES string of the molecule is O=C(/C=C/c1cnc2ccc(Br)cn12)c1ccc(Br)cc1. The minimum Gasteiger partial charge on any atom is -0.299 e. The van der Waals surface area contributed by atoms with Gasteiger partial charge in [0.1, 0.15) is 5.65 Å². The number of benzene rings is 1. The average molecular weight is 406 g/mol. The van der Waals surface area contributed by atoms with Crippen molar-refractivity contribution in [2.24, 2.45) is 0 Å². The van der Waals surface area contributed by atoms with Crippen LogP contribution in [0.5, 0.6) is 0 Å². The van der Waals surface area contributed by atoms with Crippen molar-refractivity contribution >= 4 is 49.4 Å². The standard InChI is InChI=1S/C16H10Br2N2O/c17-12-3-1-11(2-4-12)15(21)7-6-14-9-19-16-8-5-13(18)10-20(14)16/h1-10H/b7-6+. The number of imidazole rings is 1. The normalized spacial score (nSPS) is 11.3. The van der Waals surface area contributed by atoms with Crippen molar-refractivity contribution in [2.75, 3.05) is 0 Å². The summed E-state index contributed by atoms with van der Waals surface area (Å²) in [6.07, 6.45) is 7.00. The maximum Gasteiger partial charge on any atom is 0.185 e. The van der Waals surface area contributed by atoms with E-state index in [2.05, 4.69) is 36.8 Å². The summed E-state index contributed by atoms with van der Waals surface area (Å²) in [6, 6.07) is 11.1. The van der Waals surface area contributed by atoms with E-state index in [1.165, 1.54) is 0 Å². The van der Waals surface area contributed by atoms with Crippen molar-refractivity contribution < 1.29 is 4.79 Å². The number of fused-ring (bicyclic) bond motifs is 1. The molecule has 0 aliphatic rings. The molecule has 2 heterocycles. The number of ketones is 1. The van der Waals surface area contributed by atoms with Gasteiger partial charge < -0.3 is 0 Å². The van der Waals surface area contributed by atoms with E-state index in [0.717, 1.165) is 20.3 Å². The Labute approximate surface area is 138 Å². The summed E-state index contributed by atoms with van der Waals surface area (Å²) >= 11 is 6.78. The molecular formula is C16H10Br2N2O. The molecule has 0 aliphatic heterocycles. The van der Waals surface area contributed by atoms with Crippen molar-refractivity contribution in [2.45, 2.75) is 0 Å². The molecule has 0 radical (unpaired) electrons. The smallest absolute Gasteiger partial charge is 0.185 e. The van der Waals surface area contributed by atoms with Gasteiger partial charge in [0.25, 0.3) is 0 Å². The average Bonchev–Trinajstić information content (AvgIpc) is 2.88. The van der Waals surface area contributed by atoms with Crippen LogP contribution in [0.25, 0.3) is 11.7 Å². The number of pyridine rings is 1. The predicted octanol–water partition coefficient (Wildman–Crippen LogP) is 4.76. The van der Waals surface area contributed by atoms with Gasteiger partial charge in [0.2, 0.25) is 0 Å². The Morgan fingerprint density at radius 1 is 1.05 bits per heavy atom. The maximum absolute atomic E-state index is 12.1. The number of allylic oxidation sites excluding steroid dienone is 1. The number of rotatable bonds is 3. The first-order valence-electron chi connectivity index (χ1n) is 6.24. The van der Waals surface area contributed by atoms with E-state index in [1.54, 1.807) is 30.5 Å². The molecule has 1 aromatic carbocycles. The monoisotopic (exact) mass is 404 g/mol. The van der Waals surface area contributed by atoms with Crippen LogP contribution in [0.15, 0.2) is 63.8 Å². The fourth-order valence-electron chi connectivity index (χ4n) is 1.97. The molecule has 3 aromatic rings. The summed E-state index contributed by atoms with van der Waals surface area (Å²) in [4.78, 5) is 16.4. The fraction of sp³-hybridized carbons (Fsp3) is 0. The third-order valence-corrected chi connectivity index (χ3v) is 4.03. The fourth-order valence-corrected chi connectivity index (χ4v) is 2.57. The number of hydrogen-bond donors (Lipinski definition) is 0. The Kier molecular flexibility index (Phi) is 4.03. The number of halogens is 2. The van der Waals surface area contributed by atoms with E-state index in [1.807, 2.05) is 34.9 Å². The van der Waals surface area contributed by atoms with Crippen LogP contribution in [-0.4, -0.2) is 15.2 Å². The Morgan fingerprint density at radius 2 is 1.76 bits per heavy atom. The van der Waals surface area contributed by atoms with E-state index in [9.17, 15) is 4.79 Å². The summed E-state index contributed by atoms with van der Waals surface area (Å²) in [5.74, 6) is -0.0348. The summed E-state index contributed by atoms with van der Waals surface area (Å²) in [7, 11) is 0. The topological polar surface area (TPSA) is 34.4 Å². The molecule has 0 aliphatic carbocycles. The molecule has 0 bridgehead atoms. The Balaban J connectivity index is 1.89. The first-order valence-corrected chi connectivity index (χ1v) is 7.83. The number of hydrogen-bond acceptors (Lipinski definition) is 2. The molecule has 0 fully saturated rings. The Bertz CT molecular complexity index is 835. The van der Waals surface area contributed by atoms with E-state index < -0.39 is 0 Å². The van der Waals surface area contributed by atoms with Crippen molar-refractivity contribution in [3.05, 3.63) is 75.1 Å². The maximum atomic E-state index is 12.1. The molecule has 0 amide bonds. The van der Waals surface area contributed by atoms with Gasteiger partial charge in [-0.15, -0.1) is 0 Å². The molecule has 104 valence electrons. The van der Waals surface area contributed by atoms with Gasteiger partial charge in [-0.3, -0.25) is 9.20 Å². The zero-order valence-corrected chi connectivity index (χ0v) is 14.0. The van der Waals surface area contributed by atoms with Crippen LogP contribution >= 0.6 is 31.9 Å². The second-order valence-corrected chi connectivity index (χ2v) is 6.29. The van der Waals surface area contributed by atoms with E-state index >= 15 is 0 Å². The summed E-state index contributed by atoms with van der Waals surface area (Å²) < 4.78 is 3.84. The highest BCUT2D eigenvalue weighted by atomic mass is 79.9. The first kappa shape index (κ1) is 14.2. The zero-order valence-electron chi connectivity index (χ0n) is 10.8. The lowest BCUT2D eigenvalue weighted by molar-refractivity contribution is 0.104. The lowest BCUT2D eigenvalue weighted by atomic mass is 10.1. The third kappa shape index (κ3) is 3.14. The molecule has 0 unspecified atom stereocenters. The Morgan fingerprint density at radius 3 is 2.52 bits per heavy atom. The quantitative estimate of drug-likeness (QED) is 0.465. The van der Waals surface area contributed by atoms with Gasteiger partial charge in [0, 0.05) is 20.7 Å². The molecule has 3 nitrogen and oxygen atoms in total. The van der Waals surface area contributed by atoms with Crippen LogP contribution < -0.4 is 0 Å². The Hall–Kier alpha value is -1.72. The van der Waals surface area contributed by atoms with Crippen LogP contribution in [0.2, 0.25) is 0 Å². The van der Waals surface area contributed by atoms with Gasteiger partial charge in [-0.05, 0) is 64.5 Å². The molecule has 0 saturated heterocycles. The van der Waals surface area contributed by atoms with Crippen LogP contribution in [0.4, 0.5) is 0 Å². The number of carbonyl (C=O) groups excluding carboxylic acids is 1. The summed E-state index contributed by atoms with van der Waals surface area (Å²) in [5, 5.41) is 0. The highest BCUT2D eigenvalue weighted by Gasteiger charge is 2.03. The first-order chi connectivity index (χ1) is 10.1. The molecule has 5 heteroatoms. The van der Waals surface area contributed by atoms with Gasteiger partial charge >= 0.3 is 0 Å². The lowest BCUT2D eigenvalue weighted by Crippen LogP contribution is -1.94. The van der Waals surface area contributed by atoms with Crippen molar-refractivity contribution in [3.63, 3.8) is 0 Å². The molecule has 3 rings (SSSR count). The largest absolute Gasteiger partial charge is 0.299 e. The molecule has 21 heavy (non-hydrogen) atoms. The predicted molar refractivity (Wildman–Crippen MR) is 90.4 cm³/mol. The van der Waals surface area contributed by atoms with Gasteiger partial charge in [0.15, 0.2) is 5.78 Å². The van der Waals surface area contributed by atoms with Gasteiger partial charge in [-0.1, -0.05) is 15.9 Å². The molecular weight excluding hydrogens is 396 g/mol. The van der Waals surface area contributed by atoms with E-state index in [4.69, 9.17) is 0 Å². The minimum atomic E-state index is -0.0348. The van der Waals surface area contributed by atoms with Crippen LogP contribution in [0, 0.1) is 0 Å². The van der Waals surface area contributed by atoms with Crippen molar-refractivity contribution in [3.8, 4) is 0 Å². The summed E-state index contributed by atoms with van der Waals surface area (Å²) in [6.45, 7) is 0. The van der Waals surface area contributed by atoms with Crippen LogP contribution in [0.1, 0.15) is 16.1 Å². The molecule has 2 aromatic heterocycles. The molecule has 0 spiro atoms. The highest BCUT2D eigenvalue weighted by Crippen LogP contribution is 2.15. The van der Waals surface area contributed by atoms with Crippen LogP contribution in [0.3, 0.4) is 0 Å². The van der Waals surface area contributed by atoms with Crippen molar-refractivity contribution in [1.29, 1.82) is 0 Å². The number of carbonyl (C=O) groups is 1. The van der Waals surface area contributed by atoms with Crippen molar-refractivity contribution in [1.82, 2.24) is 9.38 Å². The number of nitrogens with zero attached hydrogens (tertiary/aromatic N) is 2. The van der Waals surface area contributed by atoms with Crippen LogP contribution in [-0.2, 0) is 0 Å². The van der Waals surface area contributed by atoms with Gasteiger partial charge in [-0.25, -0.2) is 4.98 Å². The second-order valence-electron chi connectivity index (χ2n) is 4.46. The van der Waals surface area contributed by atoms with Gasteiger partial charge in [0.05, 0.1) is 11.9 Å². The lowest BCUT2D eigenvalue weighted by Gasteiger charge is -1.98. The van der Waals surface area contributed by atoms with Gasteiger partial charge in [-0.2, -0.15) is 0 Å². The van der Waals surface area contributed by atoms with E-state index in [-0.39, 0.29) is 5.78 Å². The second kappa shape index (κ2) is 5.95. The van der Waals surface area contributed by atoms with E-state index in [0.29, 0.717) is 5.56 Å². The summed E-state index contributed by atoms with van der Waals surface area (Å²) in [5.41, 5.74) is 2.36. The number of aromatic nitrogens is 2. The molecule has 0 saturated carbocycles.